The highest BCUT2D eigenvalue weighted by Crippen LogP contribution is 2.47. The van der Waals surface area contributed by atoms with Crippen molar-refractivity contribution in [2.75, 3.05) is 0 Å². The third kappa shape index (κ3) is 1.44. The molecule has 2 nitrogen and oxygen atoms in total. The Hall–Kier alpha value is -1.02. The van der Waals surface area contributed by atoms with Crippen molar-refractivity contribution in [1.29, 1.82) is 0 Å². The van der Waals surface area contributed by atoms with Crippen LogP contribution in [0.1, 0.15) is 30.4 Å². The molecule has 1 aliphatic rings. The predicted molar refractivity (Wildman–Crippen MR) is 59.4 cm³/mol. The molecule has 0 atom stereocenters. The summed E-state index contributed by atoms with van der Waals surface area (Å²) in [4.78, 5) is 11.3. The molecule has 0 aromatic heterocycles. The molecule has 0 aliphatic heterocycles. The first-order valence-corrected chi connectivity index (χ1v) is 5.45. The number of benzene rings is 1. The van der Waals surface area contributed by atoms with Gasteiger partial charge in [0.2, 0.25) is 0 Å². The van der Waals surface area contributed by atoms with Gasteiger partial charge in [0.15, 0.2) is 0 Å². The molecule has 0 spiro atoms. The Bertz CT molecular complexity index is 388. The van der Waals surface area contributed by atoms with Crippen molar-refractivity contribution in [2.24, 2.45) is 0 Å². The standard InChI is InChI=1S/C12H13ClO2/c1-8-4-2-5-9(13)10(8)12(11(14)15)6-3-7-12/h2,4-5H,3,6-7H2,1H3,(H,14,15). The number of aryl methyl sites for hydroxylation is 1. The summed E-state index contributed by atoms with van der Waals surface area (Å²) in [6.07, 6.45) is 2.37. The number of aliphatic carboxylic acids is 1. The molecule has 1 aromatic rings. The third-order valence-corrected chi connectivity index (χ3v) is 3.63. The van der Waals surface area contributed by atoms with E-state index in [1.807, 2.05) is 19.1 Å². The molecule has 15 heavy (non-hydrogen) atoms. The van der Waals surface area contributed by atoms with Crippen LogP contribution in [0.15, 0.2) is 18.2 Å². The second-order valence-electron chi connectivity index (χ2n) is 4.17. The van der Waals surface area contributed by atoms with Crippen molar-refractivity contribution in [1.82, 2.24) is 0 Å². The molecule has 0 bridgehead atoms. The molecule has 2 rings (SSSR count). The normalized spacial score (nSPS) is 18.3. The van der Waals surface area contributed by atoms with Gasteiger partial charge in [-0.05, 0) is 37.0 Å². The fourth-order valence-corrected chi connectivity index (χ4v) is 2.74. The van der Waals surface area contributed by atoms with E-state index in [1.54, 1.807) is 6.07 Å². The SMILES string of the molecule is Cc1cccc(Cl)c1C1(C(=O)O)CCC1. The molecule has 80 valence electrons. The van der Waals surface area contributed by atoms with Gasteiger partial charge in [-0.1, -0.05) is 30.2 Å². The van der Waals surface area contributed by atoms with Crippen LogP contribution in [0, 0.1) is 6.92 Å². The zero-order chi connectivity index (χ0) is 11.1. The summed E-state index contributed by atoms with van der Waals surface area (Å²) in [5, 5.41) is 9.91. The molecule has 1 aromatic carbocycles. The van der Waals surface area contributed by atoms with Crippen LogP contribution in [0.25, 0.3) is 0 Å². The lowest BCUT2D eigenvalue weighted by molar-refractivity contribution is -0.147. The number of carbonyl (C=O) groups is 1. The van der Waals surface area contributed by atoms with E-state index in [1.165, 1.54) is 0 Å². The van der Waals surface area contributed by atoms with Crippen LogP contribution >= 0.6 is 11.6 Å². The number of carboxylic acid groups (broad SMARTS) is 1. The monoisotopic (exact) mass is 224 g/mol. The van der Waals surface area contributed by atoms with Gasteiger partial charge in [0, 0.05) is 5.02 Å². The Morgan fingerprint density at radius 3 is 2.53 bits per heavy atom. The first-order chi connectivity index (χ1) is 7.08. The van der Waals surface area contributed by atoms with Crippen molar-refractivity contribution in [2.45, 2.75) is 31.6 Å². The van der Waals surface area contributed by atoms with Crippen molar-refractivity contribution in [3.63, 3.8) is 0 Å². The number of halogens is 1. The van der Waals surface area contributed by atoms with Crippen LogP contribution in [-0.2, 0) is 10.2 Å². The van der Waals surface area contributed by atoms with Gasteiger partial charge in [0.1, 0.15) is 0 Å². The van der Waals surface area contributed by atoms with Crippen molar-refractivity contribution < 1.29 is 9.90 Å². The number of carboxylic acids is 1. The Kier molecular flexibility index (Phi) is 2.47. The minimum atomic E-state index is -0.745. The molecule has 0 amide bonds. The molecule has 1 fully saturated rings. The van der Waals surface area contributed by atoms with Crippen LogP contribution in [-0.4, -0.2) is 11.1 Å². The maximum Gasteiger partial charge on any atom is 0.314 e. The predicted octanol–water partition coefficient (Wildman–Crippen LogP) is 3.15. The van der Waals surface area contributed by atoms with E-state index >= 15 is 0 Å². The maximum atomic E-state index is 11.3. The van der Waals surface area contributed by atoms with Crippen LogP contribution in [0.2, 0.25) is 5.02 Å². The number of hydrogen-bond acceptors (Lipinski definition) is 1. The van der Waals surface area contributed by atoms with Crippen LogP contribution in [0.3, 0.4) is 0 Å². The zero-order valence-corrected chi connectivity index (χ0v) is 9.34. The number of hydrogen-bond donors (Lipinski definition) is 1. The Balaban J connectivity index is 2.57. The van der Waals surface area contributed by atoms with Gasteiger partial charge in [-0.3, -0.25) is 4.79 Å². The first-order valence-electron chi connectivity index (χ1n) is 5.07. The lowest BCUT2D eigenvalue weighted by atomic mass is 9.63. The average molecular weight is 225 g/mol. The molecule has 0 radical (unpaired) electrons. The van der Waals surface area contributed by atoms with Gasteiger partial charge < -0.3 is 5.11 Å². The lowest BCUT2D eigenvalue weighted by Crippen LogP contribution is -2.43. The molecular weight excluding hydrogens is 212 g/mol. The van der Waals surface area contributed by atoms with Gasteiger partial charge in [0.25, 0.3) is 0 Å². The average Bonchev–Trinajstić information content (AvgIpc) is 2.07. The molecule has 0 heterocycles. The quantitative estimate of drug-likeness (QED) is 0.838. The van der Waals surface area contributed by atoms with E-state index in [0.29, 0.717) is 17.9 Å². The molecule has 3 heteroatoms. The van der Waals surface area contributed by atoms with E-state index in [0.717, 1.165) is 17.5 Å². The summed E-state index contributed by atoms with van der Waals surface area (Å²) in [5.74, 6) is -0.745. The van der Waals surface area contributed by atoms with E-state index in [2.05, 4.69) is 0 Å². The second-order valence-corrected chi connectivity index (χ2v) is 4.58. The van der Waals surface area contributed by atoms with Gasteiger partial charge in [-0.15, -0.1) is 0 Å². The topological polar surface area (TPSA) is 37.3 Å². The summed E-state index contributed by atoms with van der Waals surface area (Å²) in [7, 11) is 0. The Morgan fingerprint density at radius 2 is 2.13 bits per heavy atom. The minimum Gasteiger partial charge on any atom is -0.481 e. The lowest BCUT2D eigenvalue weighted by Gasteiger charge is -2.39. The molecular formula is C12H13ClO2. The van der Waals surface area contributed by atoms with Gasteiger partial charge >= 0.3 is 5.97 Å². The van der Waals surface area contributed by atoms with E-state index < -0.39 is 11.4 Å². The summed E-state index contributed by atoms with van der Waals surface area (Å²) in [6.45, 7) is 1.92. The van der Waals surface area contributed by atoms with E-state index in [9.17, 15) is 9.90 Å². The van der Waals surface area contributed by atoms with E-state index in [4.69, 9.17) is 11.6 Å². The fraction of sp³-hybridized carbons (Fsp3) is 0.417. The van der Waals surface area contributed by atoms with Crippen LogP contribution in [0.5, 0.6) is 0 Å². The molecule has 1 N–H and O–H groups in total. The zero-order valence-electron chi connectivity index (χ0n) is 8.59. The summed E-state index contributed by atoms with van der Waals surface area (Å²) < 4.78 is 0. The second kappa shape index (κ2) is 3.53. The largest absolute Gasteiger partial charge is 0.481 e. The summed E-state index contributed by atoms with van der Waals surface area (Å²) >= 11 is 6.11. The van der Waals surface area contributed by atoms with Gasteiger partial charge in [-0.2, -0.15) is 0 Å². The summed E-state index contributed by atoms with van der Waals surface area (Å²) in [6, 6.07) is 5.55. The van der Waals surface area contributed by atoms with Crippen molar-refractivity contribution in [3.8, 4) is 0 Å². The molecule has 1 saturated carbocycles. The summed E-state index contributed by atoms with van der Waals surface area (Å²) in [5.41, 5.74) is 1.07. The van der Waals surface area contributed by atoms with Gasteiger partial charge in [0.05, 0.1) is 5.41 Å². The van der Waals surface area contributed by atoms with Crippen LogP contribution < -0.4 is 0 Å². The van der Waals surface area contributed by atoms with Crippen molar-refractivity contribution in [3.05, 3.63) is 34.3 Å². The first kappa shape index (κ1) is 10.5. The minimum absolute atomic E-state index is 0.581. The van der Waals surface area contributed by atoms with Gasteiger partial charge in [-0.25, -0.2) is 0 Å². The maximum absolute atomic E-state index is 11.3. The molecule has 0 saturated heterocycles. The Morgan fingerprint density at radius 1 is 1.47 bits per heavy atom. The smallest absolute Gasteiger partial charge is 0.314 e. The highest BCUT2D eigenvalue weighted by Gasteiger charge is 2.47. The molecule has 1 aliphatic carbocycles. The number of rotatable bonds is 2. The van der Waals surface area contributed by atoms with Crippen molar-refractivity contribution >= 4 is 17.6 Å². The third-order valence-electron chi connectivity index (χ3n) is 3.32. The highest BCUT2D eigenvalue weighted by molar-refractivity contribution is 6.31. The Labute approximate surface area is 93.9 Å². The van der Waals surface area contributed by atoms with E-state index in [-0.39, 0.29) is 0 Å². The highest BCUT2D eigenvalue weighted by atomic mass is 35.5. The van der Waals surface area contributed by atoms with Crippen LogP contribution in [0.4, 0.5) is 0 Å². The molecule has 0 unspecified atom stereocenters. The fourth-order valence-electron chi connectivity index (χ4n) is 2.34.